The molecular weight excluding hydrogens is 320 g/mol. The lowest BCUT2D eigenvalue weighted by Crippen LogP contribution is -2.08. The van der Waals surface area contributed by atoms with Crippen LogP contribution in [-0.2, 0) is 23.8 Å². The van der Waals surface area contributed by atoms with Gasteiger partial charge in [-0.15, -0.1) is 0 Å². The maximum absolute atomic E-state index is 10.4. The van der Waals surface area contributed by atoms with Crippen LogP contribution in [0.2, 0.25) is 0 Å². The fourth-order valence-corrected chi connectivity index (χ4v) is 2.08. The van der Waals surface area contributed by atoms with E-state index < -0.39 is 0 Å². The van der Waals surface area contributed by atoms with Crippen molar-refractivity contribution < 1.29 is 23.8 Å². The van der Waals surface area contributed by atoms with Crippen LogP contribution in [0.1, 0.15) is 82.6 Å². The molecule has 0 fully saturated rings. The molecule has 0 aliphatic heterocycles. The highest BCUT2D eigenvalue weighted by Crippen LogP contribution is 2.23. The first kappa shape index (κ1) is 31.6. The molecule has 0 aromatic rings. The van der Waals surface area contributed by atoms with Crippen LogP contribution >= 0.6 is 0 Å². The molecule has 5 nitrogen and oxygen atoms in total. The van der Waals surface area contributed by atoms with Crippen molar-refractivity contribution in [1.29, 1.82) is 0 Å². The predicted molar refractivity (Wildman–Crippen MR) is 106 cm³/mol. The fraction of sp³-hybridized carbons (Fsp3) is 0.900. The smallest absolute Gasteiger partial charge is 0.302 e. The van der Waals surface area contributed by atoms with Gasteiger partial charge in [-0.3, -0.25) is 9.59 Å². The Morgan fingerprint density at radius 1 is 0.800 bits per heavy atom. The van der Waals surface area contributed by atoms with Gasteiger partial charge in [-0.1, -0.05) is 49.5 Å². The second-order valence-electron chi connectivity index (χ2n) is 7.16. The highest BCUT2D eigenvalue weighted by Gasteiger charge is 2.11. The van der Waals surface area contributed by atoms with Crippen LogP contribution in [0.5, 0.6) is 0 Å². The van der Waals surface area contributed by atoms with E-state index in [1.54, 1.807) is 0 Å². The van der Waals surface area contributed by atoms with E-state index in [0.29, 0.717) is 44.7 Å². The van der Waals surface area contributed by atoms with Gasteiger partial charge in [-0.05, 0) is 17.8 Å². The second kappa shape index (κ2) is 19.2. The molecule has 0 heterocycles. The standard InChI is InChI=1S/C10H18O5.C8H18.2CH4/c1-9(11)14-7-3-5-13-6-4-8-15-10(2)12;1-7(2)6-8(3,4)5;;/h3-8H2,1-2H3;7H,6H2,1-5H3;2*1H4. The summed E-state index contributed by atoms with van der Waals surface area (Å²) in [6, 6.07) is 0. The molecule has 0 saturated heterocycles. The lowest BCUT2D eigenvalue weighted by atomic mass is 9.86. The van der Waals surface area contributed by atoms with Crippen molar-refractivity contribution in [2.24, 2.45) is 11.3 Å². The SMILES string of the molecule is C.C.CC(=O)OCCCOCCCOC(C)=O.CC(C)CC(C)(C)C. The lowest BCUT2D eigenvalue weighted by molar-refractivity contribution is -0.141. The van der Waals surface area contributed by atoms with Gasteiger partial charge in [0.25, 0.3) is 0 Å². The first-order valence-corrected chi connectivity index (χ1v) is 8.39. The number of hydrogen-bond donors (Lipinski definition) is 0. The third-order valence-corrected chi connectivity index (χ3v) is 2.50. The van der Waals surface area contributed by atoms with E-state index in [1.807, 2.05) is 0 Å². The first-order valence-electron chi connectivity index (χ1n) is 8.39. The van der Waals surface area contributed by atoms with Gasteiger partial charge in [0.1, 0.15) is 0 Å². The summed E-state index contributed by atoms with van der Waals surface area (Å²) in [5.74, 6) is 0.296. The number of ether oxygens (including phenoxy) is 3. The van der Waals surface area contributed by atoms with E-state index >= 15 is 0 Å². The van der Waals surface area contributed by atoms with E-state index in [0.717, 1.165) is 5.92 Å². The van der Waals surface area contributed by atoms with Crippen molar-refractivity contribution in [3.05, 3.63) is 0 Å². The summed E-state index contributed by atoms with van der Waals surface area (Å²) in [5.41, 5.74) is 0.522. The summed E-state index contributed by atoms with van der Waals surface area (Å²) in [6.07, 6.45) is 2.70. The monoisotopic (exact) mass is 364 g/mol. The molecule has 0 rings (SSSR count). The molecule has 0 aliphatic carbocycles. The summed E-state index contributed by atoms with van der Waals surface area (Å²) >= 11 is 0. The van der Waals surface area contributed by atoms with E-state index in [2.05, 4.69) is 34.6 Å². The Labute approximate surface area is 156 Å². The summed E-state index contributed by atoms with van der Waals surface area (Å²) in [7, 11) is 0. The van der Waals surface area contributed by atoms with Crippen LogP contribution in [0.3, 0.4) is 0 Å². The number of rotatable bonds is 9. The van der Waals surface area contributed by atoms with Gasteiger partial charge < -0.3 is 14.2 Å². The van der Waals surface area contributed by atoms with Crippen molar-refractivity contribution >= 4 is 11.9 Å². The van der Waals surface area contributed by atoms with Crippen molar-refractivity contribution in [3.8, 4) is 0 Å². The minimum atomic E-state index is -0.273. The second-order valence-corrected chi connectivity index (χ2v) is 7.16. The molecule has 0 atom stereocenters. The number of esters is 2. The van der Waals surface area contributed by atoms with Crippen LogP contribution in [0.4, 0.5) is 0 Å². The third-order valence-electron chi connectivity index (χ3n) is 2.50. The van der Waals surface area contributed by atoms with Gasteiger partial charge in [-0.25, -0.2) is 0 Å². The molecule has 0 aliphatic rings. The van der Waals surface area contributed by atoms with Crippen LogP contribution in [0.15, 0.2) is 0 Å². The van der Waals surface area contributed by atoms with E-state index in [1.165, 1.54) is 20.3 Å². The number of carbonyl (C=O) groups is 2. The van der Waals surface area contributed by atoms with Gasteiger partial charge >= 0.3 is 11.9 Å². The molecule has 5 heteroatoms. The van der Waals surface area contributed by atoms with Gasteiger partial charge in [0.15, 0.2) is 0 Å². The van der Waals surface area contributed by atoms with Gasteiger partial charge in [0.05, 0.1) is 13.2 Å². The summed E-state index contributed by atoms with van der Waals surface area (Å²) < 4.78 is 14.6. The van der Waals surface area contributed by atoms with Gasteiger partial charge in [0, 0.05) is 39.9 Å². The summed E-state index contributed by atoms with van der Waals surface area (Å²) in [6.45, 7) is 16.0. The molecule has 0 aromatic carbocycles. The average Bonchev–Trinajstić information content (AvgIpc) is 2.33. The van der Waals surface area contributed by atoms with E-state index in [9.17, 15) is 9.59 Å². The Morgan fingerprint density at radius 2 is 1.16 bits per heavy atom. The maximum Gasteiger partial charge on any atom is 0.302 e. The Hall–Kier alpha value is -1.10. The lowest BCUT2D eigenvalue weighted by Gasteiger charge is -2.19. The third kappa shape index (κ3) is 39.6. The molecule has 25 heavy (non-hydrogen) atoms. The largest absolute Gasteiger partial charge is 0.466 e. The minimum Gasteiger partial charge on any atom is -0.466 e. The quantitative estimate of drug-likeness (QED) is 0.412. The molecule has 0 radical (unpaired) electrons. The minimum absolute atomic E-state index is 0. The highest BCUT2D eigenvalue weighted by molar-refractivity contribution is 5.66. The molecule has 154 valence electrons. The Bertz CT molecular complexity index is 286. The normalized spacial score (nSPS) is 9.92. The van der Waals surface area contributed by atoms with Crippen molar-refractivity contribution in [3.63, 3.8) is 0 Å². The molecule has 0 N–H and O–H groups in total. The van der Waals surface area contributed by atoms with Crippen LogP contribution in [-0.4, -0.2) is 38.4 Å². The van der Waals surface area contributed by atoms with E-state index in [4.69, 9.17) is 14.2 Å². The topological polar surface area (TPSA) is 61.8 Å². The van der Waals surface area contributed by atoms with Crippen LogP contribution < -0.4 is 0 Å². The van der Waals surface area contributed by atoms with Gasteiger partial charge in [-0.2, -0.15) is 0 Å². The first-order chi connectivity index (χ1) is 10.5. The van der Waals surface area contributed by atoms with Crippen molar-refractivity contribution in [1.82, 2.24) is 0 Å². The number of hydrogen-bond acceptors (Lipinski definition) is 5. The van der Waals surface area contributed by atoms with E-state index in [-0.39, 0.29) is 26.8 Å². The highest BCUT2D eigenvalue weighted by atomic mass is 16.5. The zero-order chi connectivity index (χ0) is 18.3. The van der Waals surface area contributed by atoms with Crippen molar-refractivity contribution in [2.45, 2.75) is 82.6 Å². The molecule has 0 bridgehead atoms. The summed E-state index contributed by atoms with van der Waals surface area (Å²) in [4.78, 5) is 20.7. The van der Waals surface area contributed by atoms with Crippen LogP contribution in [0.25, 0.3) is 0 Å². The zero-order valence-corrected chi connectivity index (χ0v) is 16.1. The van der Waals surface area contributed by atoms with Crippen LogP contribution in [0, 0.1) is 11.3 Å². The molecule has 0 spiro atoms. The average molecular weight is 365 g/mol. The molecular formula is C20H44O5. The Morgan fingerprint density at radius 3 is 1.36 bits per heavy atom. The Kier molecular flexibility index (Phi) is 24.3. The molecule has 0 aromatic heterocycles. The number of carbonyl (C=O) groups excluding carboxylic acids is 2. The Balaban J connectivity index is -0.000000190. The van der Waals surface area contributed by atoms with Gasteiger partial charge in [0.2, 0.25) is 0 Å². The predicted octanol–water partition coefficient (Wildman–Crippen LogP) is 5.26. The van der Waals surface area contributed by atoms with Crippen molar-refractivity contribution in [2.75, 3.05) is 26.4 Å². The maximum atomic E-state index is 10.4. The molecule has 0 saturated carbocycles. The molecule has 0 amide bonds. The molecule has 0 unspecified atom stereocenters. The fourth-order valence-electron chi connectivity index (χ4n) is 2.08. The summed E-state index contributed by atoms with van der Waals surface area (Å²) in [5, 5.41) is 0. The zero-order valence-electron chi connectivity index (χ0n) is 16.1.